The third kappa shape index (κ3) is 4.79. The van der Waals surface area contributed by atoms with E-state index in [9.17, 15) is 4.79 Å². The summed E-state index contributed by atoms with van der Waals surface area (Å²) in [5.74, 6) is -0.00229. The predicted molar refractivity (Wildman–Crippen MR) is 102 cm³/mol. The van der Waals surface area contributed by atoms with E-state index in [-0.39, 0.29) is 11.8 Å². The quantitative estimate of drug-likeness (QED) is 0.677. The zero-order valence-electron chi connectivity index (χ0n) is 15.0. The van der Waals surface area contributed by atoms with Crippen molar-refractivity contribution >= 4 is 5.91 Å². The van der Waals surface area contributed by atoms with Crippen LogP contribution in [-0.4, -0.2) is 20.7 Å². The van der Waals surface area contributed by atoms with Gasteiger partial charge in [0, 0.05) is 6.54 Å². The molecule has 0 aliphatic rings. The zero-order chi connectivity index (χ0) is 18.2. The Morgan fingerprint density at radius 2 is 1.81 bits per heavy atom. The molecular formula is C21H24N4O. The first-order valence-corrected chi connectivity index (χ1v) is 8.99. The monoisotopic (exact) mass is 348 g/mol. The first-order valence-electron chi connectivity index (χ1n) is 8.99. The van der Waals surface area contributed by atoms with E-state index in [1.165, 1.54) is 6.33 Å². The Morgan fingerprint density at radius 3 is 2.46 bits per heavy atom. The summed E-state index contributed by atoms with van der Waals surface area (Å²) in [4.78, 5) is 16.6. The summed E-state index contributed by atoms with van der Waals surface area (Å²) in [5.41, 5.74) is 3.32. The fraction of sp³-hybridized carbons (Fsp3) is 0.286. The van der Waals surface area contributed by atoms with Gasteiger partial charge in [-0.15, -0.1) is 0 Å². The third-order valence-electron chi connectivity index (χ3n) is 4.40. The van der Waals surface area contributed by atoms with Crippen LogP contribution in [0, 0.1) is 0 Å². The summed E-state index contributed by atoms with van der Waals surface area (Å²) in [6, 6.07) is 18.2. The zero-order valence-corrected chi connectivity index (χ0v) is 15.0. The molecule has 0 saturated heterocycles. The smallest absolute Gasteiger partial charge is 0.227 e. The van der Waals surface area contributed by atoms with Crippen LogP contribution >= 0.6 is 0 Å². The van der Waals surface area contributed by atoms with Gasteiger partial charge in [0.25, 0.3) is 0 Å². The van der Waals surface area contributed by atoms with Gasteiger partial charge in [0.15, 0.2) is 0 Å². The maximum absolute atomic E-state index is 12.7. The molecule has 0 spiro atoms. The number of hydrogen-bond donors (Lipinski definition) is 1. The highest BCUT2D eigenvalue weighted by Crippen LogP contribution is 2.21. The average Bonchev–Trinajstić information content (AvgIpc) is 3.19. The molecule has 0 radical (unpaired) electrons. The van der Waals surface area contributed by atoms with Gasteiger partial charge in [-0.05, 0) is 23.1 Å². The Kier molecular flexibility index (Phi) is 6.14. The Labute approximate surface area is 154 Å². The van der Waals surface area contributed by atoms with Crippen LogP contribution in [-0.2, 0) is 17.9 Å². The molecule has 0 aliphatic heterocycles. The molecule has 1 amide bonds. The van der Waals surface area contributed by atoms with Gasteiger partial charge < -0.3 is 5.32 Å². The van der Waals surface area contributed by atoms with Crippen molar-refractivity contribution in [2.75, 3.05) is 0 Å². The fourth-order valence-electron chi connectivity index (χ4n) is 3.00. The van der Waals surface area contributed by atoms with Crippen LogP contribution in [0.25, 0.3) is 0 Å². The predicted octanol–water partition coefficient (Wildman–Crippen LogP) is 3.53. The minimum Gasteiger partial charge on any atom is -0.351 e. The Bertz CT molecular complexity index is 798. The lowest BCUT2D eigenvalue weighted by Crippen LogP contribution is -2.29. The van der Waals surface area contributed by atoms with Crippen molar-refractivity contribution in [3.8, 4) is 0 Å². The van der Waals surface area contributed by atoms with Crippen molar-refractivity contribution in [2.24, 2.45) is 0 Å². The number of benzene rings is 2. The van der Waals surface area contributed by atoms with Crippen LogP contribution in [0.2, 0.25) is 0 Å². The van der Waals surface area contributed by atoms with Gasteiger partial charge in [-0.25, -0.2) is 9.67 Å². The molecule has 2 aromatic carbocycles. The molecule has 1 unspecified atom stereocenters. The minimum atomic E-state index is -0.0900. The molecule has 26 heavy (non-hydrogen) atoms. The number of carbonyl (C=O) groups excluding carboxylic acids is 1. The highest BCUT2D eigenvalue weighted by Gasteiger charge is 2.19. The Hall–Kier alpha value is -2.95. The van der Waals surface area contributed by atoms with Crippen molar-refractivity contribution in [2.45, 2.75) is 38.8 Å². The van der Waals surface area contributed by atoms with Crippen LogP contribution in [0.3, 0.4) is 0 Å². The van der Waals surface area contributed by atoms with Crippen molar-refractivity contribution in [1.29, 1.82) is 0 Å². The summed E-state index contributed by atoms with van der Waals surface area (Å²) < 4.78 is 1.78. The molecule has 3 aromatic rings. The highest BCUT2D eigenvalue weighted by atomic mass is 16.1. The molecule has 0 aliphatic carbocycles. The number of aromatic nitrogens is 3. The third-order valence-corrected chi connectivity index (χ3v) is 4.40. The molecule has 5 nitrogen and oxygen atoms in total. The molecule has 1 heterocycles. The van der Waals surface area contributed by atoms with Gasteiger partial charge in [-0.1, -0.05) is 67.9 Å². The summed E-state index contributed by atoms with van der Waals surface area (Å²) in [5, 5.41) is 7.19. The number of hydrogen-bond acceptors (Lipinski definition) is 3. The van der Waals surface area contributed by atoms with Crippen molar-refractivity contribution < 1.29 is 4.79 Å². The number of nitrogens with zero attached hydrogens (tertiary/aromatic N) is 3. The van der Waals surface area contributed by atoms with Crippen LogP contribution in [0.5, 0.6) is 0 Å². The van der Waals surface area contributed by atoms with Gasteiger partial charge >= 0.3 is 0 Å². The van der Waals surface area contributed by atoms with Gasteiger partial charge in [0.05, 0.1) is 12.5 Å². The molecular weight excluding hydrogens is 324 g/mol. The highest BCUT2D eigenvalue weighted by molar-refractivity contribution is 5.83. The van der Waals surface area contributed by atoms with Gasteiger partial charge in [-0.2, -0.15) is 5.10 Å². The van der Waals surface area contributed by atoms with Gasteiger partial charge in [-0.3, -0.25) is 4.79 Å². The minimum absolute atomic E-state index is 0.0877. The SMILES string of the molecule is CCCC(C(=O)NCc1ccc(Cn2cncn2)cc1)c1ccccc1. The second-order valence-electron chi connectivity index (χ2n) is 6.38. The van der Waals surface area contributed by atoms with Gasteiger partial charge in [0.1, 0.15) is 12.7 Å². The molecule has 5 heteroatoms. The molecule has 134 valence electrons. The Balaban J connectivity index is 1.57. The molecule has 3 rings (SSSR count). The van der Waals surface area contributed by atoms with Crippen molar-refractivity contribution in [3.05, 3.63) is 83.9 Å². The first kappa shape index (κ1) is 17.9. The molecule has 0 saturated carbocycles. The van der Waals surface area contributed by atoms with E-state index >= 15 is 0 Å². The molecule has 0 bridgehead atoms. The second-order valence-corrected chi connectivity index (χ2v) is 6.38. The van der Waals surface area contributed by atoms with E-state index in [0.717, 1.165) is 29.5 Å². The number of rotatable bonds is 8. The molecule has 1 aromatic heterocycles. The van der Waals surface area contributed by atoms with Crippen LogP contribution in [0.15, 0.2) is 67.3 Å². The van der Waals surface area contributed by atoms with Crippen LogP contribution in [0.4, 0.5) is 0 Å². The van der Waals surface area contributed by atoms with E-state index in [2.05, 4.69) is 34.5 Å². The van der Waals surface area contributed by atoms with Crippen molar-refractivity contribution in [3.63, 3.8) is 0 Å². The Morgan fingerprint density at radius 1 is 1.08 bits per heavy atom. The molecule has 1 N–H and O–H groups in total. The lowest BCUT2D eigenvalue weighted by molar-refractivity contribution is -0.122. The van der Waals surface area contributed by atoms with Crippen LogP contribution < -0.4 is 5.32 Å². The first-order chi connectivity index (χ1) is 12.8. The maximum atomic E-state index is 12.7. The van der Waals surface area contributed by atoms with Gasteiger partial charge in [0.2, 0.25) is 5.91 Å². The summed E-state index contributed by atoms with van der Waals surface area (Å²) >= 11 is 0. The summed E-state index contributed by atoms with van der Waals surface area (Å²) in [6.07, 6.45) is 5.06. The van der Waals surface area contributed by atoms with E-state index < -0.39 is 0 Å². The number of carbonyl (C=O) groups is 1. The van der Waals surface area contributed by atoms with Crippen molar-refractivity contribution in [1.82, 2.24) is 20.1 Å². The van der Waals surface area contributed by atoms with Crippen LogP contribution in [0.1, 0.15) is 42.4 Å². The second kappa shape index (κ2) is 8.94. The number of nitrogens with one attached hydrogen (secondary N) is 1. The molecule has 0 fully saturated rings. The lowest BCUT2D eigenvalue weighted by atomic mass is 9.93. The summed E-state index contributed by atoms with van der Waals surface area (Å²) in [6.45, 7) is 3.34. The largest absolute Gasteiger partial charge is 0.351 e. The summed E-state index contributed by atoms with van der Waals surface area (Å²) in [7, 11) is 0. The standard InChI is InChI=1S/C21H24N4O/c1-2-6-20(19-7-4-3-5-8-19)21(26)23-13-17-9-11-18(12-10-17)14-25-16-22-15-24-25/h3-5,7-12,15-16,20H,2,6,13-14H2,1H3,(H,23,26). The molecule has 1 atom stereocenters. The number of amides is 1. The van der Waals surface area contributed by atoms with E-state index in [1.807, 2.05) is 42.5 Å². The fourth-order valence-corrected chi connectivity index (χ4v) is 3.00. The topological polar surface area (TPSA) is 59.8 Å². The van der Waals surface area contributed by atoms with E-state index in [1.54, 1.807) is 11.0 Å². The normalized spacial score (nSPS) is 11.9. The average molecular weight is 348 g/mol. The van der Waals surface area contributed by atoms with E-state index in [4.69, 9.17) is 0 Å². The maximum Gasteiger partial charge on any atom is 0.227 e. The lowest BCUT2D eigenvalue weighted by Gasteiger charge is -2.16. The van der Waals surface area contributed by atoms with E-state index in [0.29, 0.717) is 13.1 Å².